The first-order valence-electron chi connectivity index (χ1n) is 19.0. The first kappa shape index (κ1) is 49.8. The number of nitrogens with one attached hydrogen (secondary N) is 4. The van der Waals surface area contributed by atoms with E-state index in [4.69, 9.17) is 29.4 Å². The van der Waals surface area contributed by atoms with E-state index in [-0.39, 0.29) is 57.7 Å². The van der Waals surface area contributed by atoms with Crippen LogP contribution in [0.1, 0.15) is 78.8 Å². The number of carbonyl (C=O) groups excluding carboxylic acids is 8. The number of rotatable bonds is 25. The van der Waals surface area contributed by atoms with Crippen molar-refractivity contribution < 1.29 is 77.4 Å². The molecule has 9 atom stereocenters. The fraction of sp³-hybridized carbons (Fsp3) is 0.714. The highest BCUT2D eigenvalue weighted by atomic mass is 16.6. The van der Waals surface area contributed by atoms with Crippen LogP contribution in [0.4, 0.5) is 0 Å². The molecule has 24 heteroatoms. The van der Waals surface area contributed by atoms with Crippen LogP contribution in [-0.2, 0) is 75.1 Å². The Kier molecular flexibility index (Phi) is 21.3. The molecule has 1 aliphatic rings. The van der Waals surface area contributed by atoms with Crippen molar-refractivity contribution in [1.82, 2.24) is 36.3 Å². The Balaban J connectivity index is 1.84. The maximum atomic E-state index is 12.9. The molecule has 9 N–H and O–H groups in total. The number of hydrogen-bond donors (Lipinski definition) is 8. The van der Waals surface area contributed by atoms with Gasteiger partial charge >= 0.3 is 17.9 Å². The van der Waals surface area contributed by atoms with Gasteiger partial charge < -0.3 is 66.0 Å². The van der Waals surface area contributed by atoms with Crippen molar-refractivity contribution in [3.63, 3.8) is 0 Å². The SMILES string of the molecule is CCCC(=O)OC[C@H](COC(=O)Cn1cc(CNC(=O)CC[C@@H](NC(=O)[C@H](C)NC(=O)[C@@H](C)O[C@H]2[C@H](O)[C@@H](CO)OC(O)[C@@H]2NC(C)=O)C(N)=O)nn1)OC(=O)CCC. The average Bonchev–Trinajstić information content (AvgIpc) is 3.62. The lowest BCUT2D eigenvalue weighted by molar-refractivity contribution is -0.266. The monoisotopic (exact) mass is 844 g/mol. The molecule has 1 aromatic rings. The predicted molar refractivity (Wildman–Crippen MR) is 197 cm³/mol. The van der Waals surface area contributed by atoms with Gasteiger partial charge in [0.1, 0.15) is 68.0 Å². The minimum atomic E-state index is -1.69. The van der Waals surface area contributed by atoms with E-state index in [0.29, 0.717) is 12.8 Å². The summed E-state index contributed by atoms with van der Waals surface area (Å²) in [4.78, 5) is 98.3. The molecule has 0 spiro atoms. The number of amides is 5. The van der Waals surface area contributed by atoms with Crippen molar-refractivity contribution in [2.24, 2.45) is 5.73 Å². The third kappa shape index (κ3) is 17.6. The quantitative estimate of drug-likeness (QED) is 0.0344. The van der Waals surface area contributed by atoms with Crippen LogP contribution < -0.4 is 27.0 Å². The molecule has 1 aromatic heterocycles. The number of primary amides is 1. The number of nitrogens with two attached hydrogens (primary N) is 1. The molecule has 0 aliphatic carbocycles. The molecular formula is C35H56N8O16. The second kappa shape index (κ2) is 25.2. The zero-order valence-corrected chi connectivity index (χ0v) is 33.6. The smallest absolute Gasteiger partial charge is 0.327 e. The molecule has 5 amide bonds. The van der Waals surface area contributed by atoms with Gasteiger partial charge in [0.2, 0.25) is 29.5 Å². The maximum absolute atomic E-state index is 12.9. The molecule has 2 heterocycles. The van der Waals surface area contributed by atoms with Gasteiger partial charge in [-0.2, -0.15) is 0 Å². The Morgan fingerprint density at radius 1 is 0.932 bits per heavy atom. The lowest BCUT2D eigenvalue weighted by Crippen LogP contribution is -2.65. The highest BCUT2D eigenvalue weighted by Gasteiger charge is 2.47. The van der Waals surface area contributed by atoms with E-state index in [2.05, 4.69) is 31.6 Å². The summed E-state index contributed by atoms with van der Waals surface area (Å²) in [5, 5.41) is 47.7. The van der Waals surface area contributed by atoms with Crippen molar-refractivity contribution in [3.05, 3.63) is 11.9 Å². The van der Waals surface area contributed by atoms with Crippen LogP contribution in [0.15, 0.2) is 6.20 Å². The fourth-order valence-corrected chi connectivity index (χ4v) is 5.35. The van der Waals surface area contributed by atoms with E-state index in [1.54, 1.807) is 13.8 Å². The predicted octanol–water partition coefficient (Wildman–Crippen LogP) is -3.90. The second-order valence-electron chi connectivity index (χ2n) is 13.6. The van der Waals surface area contributed by atoms with Crippen LogP contribution >= 0.6 is 0 Å². The number of esters is 3. The Morgan fingerprint density at radius 3 is 2.19 bits per heavy atom. The van der Waals surface area contributed by atoms with Gasteiger partial charge in [0.05, 0.1) is 19.3 Å². The zero-order valence-electron chi connectivity index (χ0n) is 33.6. The molecule has 0 bridgehead atoms. The molecule has 0 radical (unpaired) electrons. The number of ether oxygens (including phenoxy) is 5. The Hall–Kier alpha value is -5.30. The van der Waals surface area contributed by atoms with E-state index in [0.717, 1.165) is 11.6 Å². The van der Waals surface area contributed by atoms with Crippen molar-refractivity contribution in [3.8, 4) is 0 Å². The minimum absolute atomic E-state index is 0.126. The van der Waals surface area contributed by atoms with Crippen LogP contribution in [-0.4, -0.2) is 153 Å². The minimum Gasteiger partial charge on any atom is -0.462 e. The topological polar surface area (TPSA) is 348 Å². The van der Waals surface area contributed by atoms with Gasteiger partial charge in [0, 0.05) is 26.2 Å². The Morgan fingerprint density at radius 2 is 1.58 bits per heavy atom. The van der Waals surface area contributed by atoms with Gasteiger partial charge in [-0.25, -0.2) is 4.68 Å². The van der Waals surface area contributed by atoms with Crippen LogP contribution in [0.25, 0.3) is 0 Å². The normalized spacial score (nSPS) is 20.8. The Bertz CT molecular complexity index is 1590. The summed E-state index contributed by atoms with van der Waals surface area (Å²) in [7, 11) is 0. The van der Waals surface area contributed by atoms with Crippen molar-refractivity contribution >= 4 is 47.4 Å². The number of nitrogens with zero attached hydrogens (tertiary/aromatic N) is 3. The molecule has 0 saturated carbocycles. The standard InChI is InChI=1S/C35H56N8O16/c1-6-8-26(47)55-16-22(58-27(48)9-7-2)17-56-28(49)14-43-13-21(41-42-43)12-37-25(46)11-10-23(32(36)51)40-33(52)18(3)38-34(53)19(4)57-31-29(39-20(5)45)35(54)59-24(15-44)30(31)50/h13,18-19,22-24,29-31,35,44,50,54H,6-12,14-17H2,1-5H3,(H2,36,51)(H,37,46)(H,38,53)(H,39,45)(H,40,52)/t18-,19+,22+,23+,24+,29+,30+,31+,35?/m0/s1. The van der Waals surface area contributed by atoms with Gasteiger partial charge in [-0.05, 0) is 33.1 Å². The molecule has 24 nitrogen and oxygen atoms in total. The lowest BCUT2D eigenvalue weighted by Gasteiger charge is -2.43. The number of aromatic nitrogens is 3. The van der Waals surface area contributed by atoms with Crippen molar-refractivity contribution in [2.75, 3.05) is 19.8 Å². The summed E-state index contributed by atoms with van der Waals surface area (Å²) in [5.74, 6) is -5.61. The highest BCUT2D eigenvalue weighted by Crippen LogP contribution is 2.24. The van der Waals surface area contributed by atoms with Crippen molar-refractivity contribution in [1.29, 1.82) is 0 Å². The summed E-state index contributed by atoms with van der Waals surface area (Å²) in [6, 6.07) is -3.89. The van der Waals surface area contributed by atoms with E-state index >= 15 is 0 Å². The largest absolute Gasteiger partial charge is 0.462 e. The van der Waals surface area contributed by atoms with Crippen LogP contribution in [0.2, 0.25) is 0 Å². The van der Waals surface area contributed by atoms with Gasteiger partial charge in [0.15, 0.2) is 12.4 Å². The molecule has 1 unspecified atom stereocenters. The molecule has 0 aromatic carbocycles. The third-order valence-electron chi connectivity index (χ3n) is 8.46. The van der Waals surface area contributed by atoms with Gasteiger partial charge in [-0.15, -0.1) is 5.10 Å². The molecule has 2 rings (SSSR count). The number of aliphatic hydroxyl groups excluding tert-OH is 3. The molecule has 1 fully saturated rings. The Labute approximate surface area is 339 Å². The first-order valence-corrected chi connectivity index (χ1v) is 19.0. The van der Waals surface area contributed by atoms with Crippen molar-refractivity contribution in [2.45, 2.75) is 141 Å². The summed E-state index contributed by atoms with van der Waals surface area (Å²) in [5.41, 5.74) is 5.69. The summed E-state index contributed by atoms with van der Waals surface area (Å²) in [6.45, 7) is 5.42. The van der Waals surface area contributed by atoms with E-state index < -0.39 is 109 Å². The van der Waals surface area contributed by atoms with E-state index in [9.17, 15) is 53.7 Å². The molecule has 1 saturated heterocycles. The number of hydrogen-bond acceptors (Lipinski definition) is 18. The lowest BCUT2D eigenvalue weighted by atomic mass is 9.96. The first-order chi connectivity index (χ1) is 27.9. The fourth-order valence-electron chi connectivity index (χ4n) is 5.35. The van der Waals surface area contributed by atoms with Gasteiger partial charge in [-0.3, -0.25) is 38.4 Å². The van der Waals surface area contributed by atoms with E-state index in [1.807, 2.05) is 0 Å². The van der Waals surface area contributed by atoms with Gasteiger partial charge in [0.25, 0.3) is 0 Å². The van der Waals surface area contributed by atoms with E-state index in [1.165, 1.54) is 20.0 Å². The number of carbonyl (C=O) groups is 8. The summed E-state index contributed by atoms with van der Waals surface area (Å²) >= 11 is 0. The van der Waals surface area contributed by atoms with Crippen LogP contribution in [0, 0.1) is 0 Å². The summed E-state index contributed by atoms with van der Waals surface area (Å²) < 4.78 is 27.4. The average molecular weight is 845 g/mol. The molecule has 332 valence electrons. The van der Waals surface area contributed by atoms with Crippen LogP contribution in [0.5, 0.6) is 0 Å². The molecule has 1 aliphatic heterocycles. The molecular weight excluding hydrogens is 788 g/mol. The maximum Gasteiger partial charge on any atom is 0.327 e. The molecule has 59 heavy (non-hydrogen) atoms. The number of aliphatic hydroxyl groups is 3. The van der Waals surface area contributed by atoms with Crippen LogP contribution in [0.3, 0.4) is 0 Å². The third-order valence-corrected chi connectivity index (χ3v) is 8.46. The summed E-state index contributed by atoms with van der Waals surface area (Å²) in [6.07, 6.45) is -6.07. The second-order valence-corrected chi connectivity index (χ2v) is 13.6. The van der Waals surface area contributed by atoms with Gasteiger partial charge in [-0.1, -0.05) is 19.1 Å². The highest BCUT2D eigenvalue weighted by molar-refractivity contribution is 5.92. The zero-order chi connectivity index (χ0) is 44.2.